The first kappa shape index (κ1) is 14.6. The second-order valence-electron chi connectivity index (χ2n) is 6.53. The third-order valence-corrected chi connectivity index (χ3v) is 4.90. The van der Waals surface area contributed by atoms with Gasteiger partial charge >= 0.3 is 0 Å². The van der Waals surface area contributed by atoms with E-state index in [1.165, 1.54) is 25.7 Å². The highest BCUT2D eigenvalue weighted by molar-refractivity contribution is 5.45. The molecular formula is C16H26N4O. The summed E-state index contributed by atoms with van der Waals surface area (Å²) in [5.74, 6) is 2.16. The van der Waals surface area contributed by atoms with Gasteiger partial charge in [0.2, 0.25) is 5.95 Å². The molecule has 1 aliphatic carbocycles. The molecule has 116 valence electrons. The van der Waals surface area contributed by atoms with Gasteiger partial charge in [0.15, 0.2) is 0 Å². The van der Waals surface area contributed by atoms with E-state index < -0.39 is 0 Å². The zero-order valence-corrected chi connectivity index (χ0v) is 13.1. The molecule has 3 rings (SSSR count). The van der Waals surface area contributed by atoms with Crippen LogP contribution >= 0.6 is 0 Å². The molecule has 0 bridgehead atoms. The number of hydrogen-bond donors (Lipinski definition) is 1. The van der Waals surface area contributed by atoms with Gasteiger partial charge in [-0.25, -0.2) is 4.98 Å². The van der Waals surface area contributed by atoms with Gasteiger partial charge in [-0.15, -0.1) is 0 Å². The van der Waals surface area contributed by atoms with Gasteiger partial charge in [-0.1, -0.05) is 12.8 Å². The van der Waals surface area contributed by atoms with Gasteiger partial charge in [0, 0.05) is 38.8 Å². The maximum atomic E-state index is 10.4. The second-order valence-corrected chi connectivity index (χ2v) is 6.53. The van der Waals surface area contributed by atoms with E-state index in [1.807, 2.05) is 31.3 Å². The molecule has 1 saturated heterocycles. The molecule has 2 fully saturated rings. The van der Waals surface area contributed by atoms with E-state index in [4.69, 9.17) is 0 Å². The van der Waals surface area contributed by atoms with Crippen LogP contribution in [-0.2, 0) is 0 Å². The van der Waals surface area contributed by atoms with E-state index in [0.29, 0.717) is 12.0 Å². The summed E-state index contributed by atoms with van der Waals surface area (Å²) in [5, 5.41) is 10.4. The molecule has 1 aromatic heterocycles. The van der Waals surface area contributed by atoms with Gasteiger partial charge in [-0.3, -0.25) is 0 Å². The molecule has 2 aliphatic rings. The maximum Gasteiger partial charge on any atom is 0.226 e. The lowest BCUT2D eigenvalue weighted by Crippen LogP contribution is -2.43. The van der Waals surface area contributed by atoms with Crippen LogP contribution in [0.4, 0.5) is 11.8 Å². The van der Waals surface area contributed by atoms with Gasteiger partial charge in [-0.05, 0) is 31.7 Å². The Morgan fingerprint density at radius 1 is 1.19 bits per heavy atom. The summed E-state index contributed by atoms with van der Waals surface area (Å²) in [4.78, 5) is 13.3. The molecule has 1 aliphatic heterocycles. The van der Waals surface area contributed by atoms with Crippen molar-refractivity contribution in [3.63, 3.8) is 0 Å². The standard InChI is InChI=1S/C16H26N4O/c1-19(2)16-17-10-9-15(18-16)20-11-5-7-13(20)12-6-3-4-8-14(12)21/h9-10,12-14,21H,3-8,11H2,1-2H3. The minimum atomic E-state index is -0.139. The van der Waals surface area contributed by atoms with E-state index in [9.17, 15) is 5.11 Å². The largest absolute Gasteiger partial charge is 0.393 e. The molecule has 1 N–H and O–H groups in total. The highest BCUT2D eigenvalue weighted by atomic mass is 16.3. The summed E-state index contributed by atoms with van der Waals surface area (Å²) in [6.07, 6.45) is 8.58. The number of nitrogens with zero attached hydrogens (tertiary/aromatic N) is 4. The quantitative estimate of drug-likeness (QED) is 0.923. The summed E-state index contributed by atoms with van der Waals surface area (Å²) in [6.45, 7) is 1.04. The Morgan fingerprint density at radius 3 is 2.76 bits per heavy atom. The molecule has 2 heterocycles. The topological polar surface area (TPSA) is 52.5 Å². The summed E-state index contributed by atoms with van der Waals surface area (Å²) >= 11 is 0. The Bertz CT molecular complexity index is 479. The third kappa shape index (κ3) is 2.98. The minimum Gasteiger partial charge on any atom is -0.393 e. The van der Waals surface area contributed by atoms with Crippen molar-refractivity contribution in [2.24, 2.45) is 5.92 Å². The fourth-order valence-corrected chi connectivity index (χ4v) is 3.83. The molecular weight excluding hydrogens is 264 g/mol. The van der Waals surface area contributed by atoms with Crippen molar-refractivity contribution in [2.45, 2.75) is 50.7 Å². The predicted molar refractivity (Wildman–Crippen MR) is 84.7 cm³/mol. The molecule has 21 heavy (non-hydrogen) atoms. The van der Waals surface area contributed by atoms with E-state index in [2.05, 4.69) is 14.9 Å². The molecule has 0 aromatic carbocycles. The van der Waals surface area contributed by atoms with Crippen LogP contribution in [0, 0.1) is 5.92 Å². The maximum absolute atomic E-state index is 10.4. The number of aliphatic hydroxyl groups excluding tert-OH is 1. The van der Waals surface area contributed by atoms with E-state index in [-0.39, 0.29) is 6.10 Å². The zero-order valence-electron chi connectivity index (χ0n) is 13.1. The van der Waals surface area contributed by atoms with Crippen molar-refractivity contribution in [1.82, 2.24) is 9.97 Å². The van der Waals surface area contributed by atoms with Crippen molar-refractivity contribution in [2.75, 3.05) is 30.4 Å². The first-order chi connectivity index (χ1) is 10.2. The predicted octanol–water partition coefficient (Wildman–Crippen LogP) is 2.06. The average Bonchev–Trinajstić information content (AvgIpc) is 2.97. The van der Waals surface area contributed by atoms with Gasteiger partial charge < -0.3 is 14.9 Å². The first-order valence-electron chi connectivity index (χ1n) is 8.12. The van der Waals surface area contributed by atoms with Crippen LogP contribution < -0.4 is 9.80 Å². The van der Waals surface area contributed by atoms with Gasteiger partial charge in [0.25, 0.3) is 0 Å². The van der Waals surface area contributed by atoms with Crippen molar-refractivity contribution in [1.29, 1.82) is 0 Å². The van der Waals surface area contributed by atoms with Crippen molar-refractivity contribution in [3.8, 4) is 0 Å². The summed E-state index contributed by atoms with van der Waals surface area (Å²) in [5.41, 5.74) is 0. The van der Waals surface area contributed by atoms with Crippen molar-refractivity contribution < 1.29 is 5.11 Å². The van der Waals surface area contributed by atoms with Crippen LogP contribution in [0.25, 0.3) is 0 Å². The normalized spacial score (nSPS) is 29.7. The molecule has 1 saturated carbocycles. The highest BCUT2D eigenvalue weighted by Crippen LogP contribution is 2.36. The Hall–Kier alpha value is -1.36. The van der Waals surface area contributed by atoms with E-state index in [0.717, 1.165) is 31.2 Å². The summed E-state index contributed by atoms with van der Waals surface area (Å²) in [7, 11) is 3.93. The van der Waals surface area contributed by atoms with E-state index in [1.54, 1.807) is 0 Å². The van der Waals surface area contributed by atoms with Crippen LogP contribution in [-0.4, -0.2) is 47.9 Å². The van der Waals surface area contributed by atoms with Crippen LogP contribution in [0.5, 0.6) is 0 Å². The molecule has 0 spiro atoms. The Balaban J connectivity index is 1.81. The Morgan fingerprint density at radius 2 is 2.00 bits per heavy atom. The van der Waals surface area contributed by atoms with Crippen LogP contribution in [0.3, 0.4) is 0 Å². The Labute approximate surface area is 127 Å². The summed E-state index contributed by atoms with van der Waals surface area (Å²) in [6, 6.07) is 2.44. The second kappa shape index (κ2) is 6.18. The smallest absolute Gasteiger partial charge is 0.226 e. The van der Waals surface area contributed by atoms with Crippen LogP contribution in [0.2, 0.25) is 0 Å². The molecule has 5 nitrogen and oxygen atoms in total. The lowest BCUT2D eigenvalue weighted by Gasteiger charge is -2.37. The highest BCUT2D eigenvalue weighted by Gasteiger charge is 2.37. The van der Waals surface area contributed by atoms with Crippen molar-refractivity contribution in [3.05, 3.63) is 12.3 Å². The number of anilines is 2. The monoisotopic (exact) mass is 290 g/mol. The molecule has 0 amide bonds. The molecule has 5 heteroatoms. The fourth-order valence-electron chi connectivity index (χ4n) is 3.83. The van der Waals surface area contributed by atoms with E-state index >= 15 is 0 Å². The Kier molecular flexibility index (Phi) is 4.29. The molecule has 1 aromatic rings. The van der Waals surface area contributed by atoms with Crippen LogP contribution in [0.15, 0.2) is 12.3 Å². The van der Waals surface area contributed by atoms with Gasteiger partial charge in [-0.2, -0.15) is 4.98 Å². The zero-order chi connectivity index (χ0) is 14.8. The third-order valence-electron chi connectivity index (χ3n) is 4.90. The fraction of sp³-hybridized carbons (Fsp3) is 0.750. The number of aromatic nitrogens is 2. The van der Waals surface area contributed by atoms with Crippen molar-refractivity contribution >= 4 is 11.8 Å². The molecule has 3 unspecified atom stereocenters. The number of hydrogen-bond acceptors (Lipinski definition) is 5. The SMILES string of the molecule is CN(C)c1nccc(N2CCCC2C2CCCCC2O)n1. The number of aliphatic hydroxyl groups is 1. The first-order valence-corrected chi connectivity index (χ1v) is 8.12. The lowest BCUT2D eigenvalue weighted by atomic mass is 9.80. The number of rotatable bonds is 3. The molecule has 0 radical (unpaired) electrons. The molecule has 3 atom stereocenters. The summed E-state index contributed by atoms with van der Waals surface area (Å²) < 4.78 is 0. The van der Waals surface area contributed by atoms with Gasteiger partial charge in [0.1, 0.15) is 5.82 Å². The van der Waals surface area contributed by atoms with Gasteiger partial charge in [0.05, 0.1) is 6.10 Å². The lowest BCUT2D eigenvalue weighted by molar-refractivity contribution is 0.0565. The van der Waals surface area contributed by atoms with Crippen LogP contribution in [0.1, 0.15) is 38.5 Å². The average molecular weight is 290 g/mol. The minimum absolute atomic E-state index is 0.139.